The number of hydrogen-bond acceptors (Lipinski definition) is 3. The van der Waals surface area contributed by atoms with Crippen LogP contribution in [-0.2, 0) is 13.0 Å². The maximum absolute atomic E-state index is 5.60. The van der Waals surface area contributed by atoms with Gasteiger partial charge in [0.15, 0.2) is 0 Å². The molecule has 19 heavy (non-hydrogen) atoms. The van der Waals surface area contributed by atoms with E-state index in [1.54, 1.807) is 11.3 Å². The second kappa shape index (κ2) is 6.55. The molecule has 0 aliphatic heterocycles. The molecular formula is C15H19BrN2S. The van der Waals surface area contributed by atoms with E-state index in [1.807, 2.05) is 0 Å². The molecule has 2 N–H and O–H groups in total. The van der Waals surface area contributed by atoms with Crippen LogP contribution in [0, 0.1) is 6.92 Å². The molecule has 0 saturated carbocycles. The van der Waals surface area contributed by atoms with Gasteiger partial charge in [-0.2, -0.15) is 0 Å². The fourth-order valence-electron chi connectivity index (χ4n) is 2.22. The summed E-state index contributed by atoms with van der Waals surface area (Å²) in [7, 11) is 2.14. The van der Waals surface area contributed by atoms with Crippen LogP contribution in [0.2, 0.25) is 0 Å². The molecule has 4 heteroatoms. The largest absolute Gasteiger partial charge is 0.369 e. The first-order chi connectivity index (χ1) is 9.10. The highest BCUT2D eigenvalue weighted by Gasteiger charge is 2.07. The van der Waals surface area contributed by atoms with E-state index >= 15 is 0 Å². The Balaban J connectivity index is 2.12. The first-order valence-electron chi connectivity index (χ1n) is 6.34. The molecule has 2 aromatic rings. The molecule has 2 nitrogen and oxygen atoms in total. The van der Waals surface area contributed by atoms with Crippen LogP contribution in [-0.4, -0.2) is 13.6 Å². The molecule has 0 spiro atoms. The molecule has 0 aliphatic rings. The number of nitrogens with two attached hydrogens (primary N) is 1. The molecule has 1 aromatic carbocycles. The van der Waals surface area contributed by atoms with Gasteiger partial charge in [0.2, 0.25) is 0 Å². The monoisotopic (exact) mass is 338 g/mol. The van der Waals surface area contributed by atoms with Crippen molar-refractivity contribution in [3.63, 3.8) is 0 Å². The van der Waals surface area contributed by atoms with Crippen LogP contribution in [0.25, 0.3) is 0 Å². The summed E-state index contributed by atoms with van der Waals surface area (Å²) in [4.78, 5) is 3.65. The van der Waals surface area contributed by atoms with Gasteiger partial charge in [-0.15, -0.1) is 11.3 Å². The van der Waals surface area contributed by atoms with Crippen molar-refractivity contribution in [3.05, 3.63) is 50.1 Å². The molecule has 0 aliphatic carbocycles. The Bertz CT molecular complexity index is 551. The van der Waals surface area contributed by atoms with E-state index in [1.165, 1.54) is 21.7 Å². The highest BCUT2D eigenvalue weighted by atomic mass is 79.9. The van der Waals surface area contributed by atoms with Crippen molar-refractivity contribution in [2.45, 2.75) is 19.9 Å². The van der Waals surface area contributed by atoms with Crippen molar-refractivity contribution in [1.82, 2.24) is 0 Å². The Morgan fingerprint density at radius 2 is 2.11 bits per heavy atom. The Kier molecular flexibility index (Phi) is 5.02. The van der Waals surface area contributed by atoms with E-state index in [0.29, 0.717) is 6.54 Å². The molecule has 1 aromatic heterocycles. The van der Waals surface area contributed by atoms with Crippen molar-refractivity contribution in [2.24, 2.45) is 5.73 Å². The lowest BCUT2D eigenvalue weighted by Crippen LogP contribution is -2.16. The van der Waals surface area contributed by atoms with Crippen LogP contribution in [0.4, 0.5) is 5.69 Å². The summed E-state index contributed by atoms with van der Waals surface area (Å²) in [6.07, 6.45) is 0.947. The van der Waals surface area contributed by atoms with Gasteiger partial charge in [-0.05, 0) is 59.1 Å². The quantitative estimate of drug-likeness (QED) is 0.894. The SMILES string of the molecule is Cc1cc(CCN)ccc1N(C)Cc1cc(Br)cs1. The second-order valence-electron chi connectivity index (χ2n) is 4.75. The van der Waals surface area contributed by atoms with E-state index in [-0.39, 0.29) is 0 Å². The van der Waals surface area contributed by atoms with Crippen LogP contribution >= 0.6 is 27.3 Å². The van der Waals surface area contributed by atoms with Gasteiger partial charge in [0.1, 0.15) is 0 Å². The highest BCUT2D eigenvalue weighted by Crippen LogP contribution is 2.25. The van der Waals surface area contributed by atoms with E-state index in [9.17, 15) is 0 Å². The number of hydrogen-bond donors (Lipinski definition) is 1. The van der Waals surface area contributed by atoms with Crippen LogP contribution < -0.4 is 10.6 Å². The van der Waals surface area contributed by atoms with E-state index < -0.39 is 0 Å². The van der Waals surface area contributed by atoms with Crippen molar-refractivity contribution < 1.29 is 0 Å². The lowest BCUT2D eigenvalue weighted by Gasteiger charge is -2.21. The highest BCUT2D eigenvalue weighted by molar-refractivity contribution is 9.10. The van der Waals surface area contributed by atoms with Crippen LogP contribution in [0.5, 0.6) is 0 Å². The third-order valence-corrected chi connectivity index (χ3v) is 4.80. The van der Waals surface area contributed by atoms with E-state index in [2.05, 4.69) is 64.4 Å². The van der Waals surface area contributed by atoms with Gasteiger partial charge in [-0.3, -0.25) is 0 Å². The van der Waals surface area contributed by atoms with Gasteiger partial charge in [0, 0.05) is 27.5 Å². The number of rotatable bonds is 5. The first-order valence-corrected chi connectivity index (χ1v) is 8.01. The van der Waals surface area contributed by atoms with Gasteiger partial charge < -0.3 is 10.6 Å². The summed E-state index contributed by atoms with van der Waals surface area (Å²) in [5.74, 6) is 0. The lowest BCUT2D eigenvalue weighted by atomic mass is 10.1. The average molecular weight is 339 g/mol. The molecule has 1 heterocycles. The summed E-state index contributed by atoms with van der Waals surface area (Å²) >= 11 is 5.28. The van der Waals surface area contributed by atoms with Gasteiger partial charge in [-0.1, -0.05) is 12.1 Å². The van der Waals surface area contributed by atoms with Gasteiger partial charge in [-0.25, -0.2) is 0 Å². The summed E-state index contributed by atoms with van der Waals surface area (Å²) in [5, 5.41) is 2.13. The van der Waals surface area contributed by atoms with Crippen molar-refractivity contribution in [3.8, 4) is 0 Å². The number of benzene rings is 1. The van der Waals surface area contributed by atoms with Crippen molar-refractivity contribution in [1.29, 1.82) is 0 Å². The standard InChI is InChI=1S/C15H19BrN2S/c1-11-7-12(5-6-17)3-4-15(11)18(2)9-14-8-13(16)10-19-14/h3-4,7-8,10H,5-6,9,17H2,1-2H3. The van der Waals surface area contributed by atoms with Crippen molar-refractivity contribution in [2.75, 3.05) is 18.5 Å². The van der Waals surface area contributed by atoms with Crippen LogP contribution in [0.3, 0.4) is 0 Å². The molecule has 0 saturated heterocycles. The van der Waals surface area contributed by atoms with Crippen LogP contribution in [0.1, 0.15) is 16.0 Å². The fraction of sp³-hybridized carbons (Fsp3) is 0.333. The molecule has 0 unspecified atom stereocenters. The normalized spacial score (nSPS) is 10.7. The third-order valence-electron chi connectivity index (χ3n) is 3.12. The summed E-state index contributed by atoms with van der Waals surface area (Å²) in [6.45, 7) is 3.81. The lowest BCUT2D eigenvalue weighted by molar-refractivity contribution is 0.926. The number of anilines is 1. The summed E-state index contributed by atoms with van der Waals surface area (Å²) in [6, 6.07) is 8.79. The molecule has 0 bridgehead atoms. The number of halogens is 1. The number of thiophene rings is 1. The predicted octanol–water partition coefficient (Wildman–Crippen LogP) is 3.96. The zero-order valence-corrected chi connectivity index (χ0v) is 13.7. The Labute approximate surface area is 127 Å². The molecule has 0 atom stereocenters. The Morgan fingerprint density at radius 3 is 2.68 bits per heavy atom. The molecule has 0 radical (unpaired) electrons. The minimum Gasteiger partial charge on any atom is -0.369 e. The maximum Gasteiger partial charge on any atom is 0.0520 e. The van der Waals surface area contributed by atoms with Gasteiger partial charge in [0.05, 0.1) is 6.54 Å². The zero-order valence-electron chi connectivity index (χ0n) is 11.3. The van der Waals surface area contributed by atoms with Gasteiger partial charge >= 0.3 is 0 Å². The molecular weight excluding hydrogens is 320 g/mol. The fourth-order valence-corrected chi connectivity index (χ4v) is 3.73. The molecule has 102 valence electrons. The molecule has 0 amide bonds. The molecule has 2 rings (SSSR count). The molecule has 0 fully saturated rings. The third kappa shape index (κ3) is 3.81. The number of nitrogens with zero attached hydrogens (tertiary/aromatic N) is 1. The number of aryl methyl sites for hydroxylation is 1. The topological polar surface area (TPSA) is 29.3 Å². The maximum atomic E-state index is 5.60. The van der Waals surface area contributed by atoms with E-state index in [4.69, 9.17) is 5.73 Å². The Hall–Kier alpha value is -0.840. The predicted molar refractivity (Wildman–Crippen MR) is 88.1 cm³/mol. The first kappa shape index (κ1) is 14.6. The summed E-state index contributed by atoms with van der Waals surface area (Å²) in [5.41, 5.74) is 9.51. The average Bonchev–Trinajstić information content (AvgIpc) is 2.75. The zero-order chi connectivity index (χ0) is 13.8. The van der Waals surface area contributed by atoms with Crippen LogP contribution in [0.15, 0.2) is 34.1 Å². The Morgan fingerprint density at radius 1 is 1.32 bits per heavy atom. The summed E-state index contributed by atoms with van der Waals surface area (Å²) < 4.78 is 1.16. The van der Waals surface area contributed by atoms with E-state index in [0.717, 1.165) is 17.4 Å². The minimum absolute atomic E-state index is 0.706. The second-order valence-corrected chi connectivity index (χ2v) is 6.66. The van der Waals surface area contributed by atoms with Gasteiger partial charge in [0.25, 0.3) is 0 Å². The van der Waals surface area contributed by atoms with Crippen molar-refractivity contribution >= 4 is 33.0 Å². The smallest absolute Gasteiger partial charge is 0.0520 e. The minimum atomic E-state index is 0.706.